The van der Waals surface area contributed by atoms with Crippen LogP contribution in [0.3, 0.4) is 0 Å². The van der Waals surface area contributed by atoms with Gasteiger partial charge in [0.25, 0.3) is 18.0 Å². The first-order chi connectivity index (χ1) is 15.3. The predicted octanol–water partition coefficient (Wildman–Crippen LogP) is 4.29. The van der Waals surface area contributed by atoms with Crippen LogP contribution in [-0.2, 0) is 9.63 Å². The van der Waals surface area contributed by atoms with Gasteiger partial charge in [-0.25, -0.2) is 4.39 Å². The minimum atomic E-state index is -4.83. The highest BCUT2D eigenvalue weighted by Crippen LogP contribution is 2.31. The quantitative estimate of drug-likeness (QED) is 0.300. The first-order valence-corrected chi connectivity index (χ1v) is 9.53. The second kappa shape index (κ2) is 10.0. The SMILES string of the molecule is CNC(=O)/C(=N/OCF)c1ccccc1Oc1nc(-c2cccc(OC(F)(F)F)c2)ns1. The Morgan fingerprint density at radius 1 is 1.19 bits per heavy atom. The molecule has 0 saturated carbocycles. The number of rotatable bonds is 8. The van der Waals surface area contributed by atoms with Gasteiger partial charge >= 0.3 is 6.36 Å². The number of benzene rings is 2. The van der Waals surface area contributed by atoms with Gasteiger partial charge in [-0.3, -0.25) is 4.79 Å². The van der Waals surface area contributed by atoms with E-state index in [0.29, 0.717) is 0 Å². The van der Waals surface area contributed by atoms with Crippen LogP contribution in [0.5, 0.6) is 16.7 Å². The zero-order valence-electron chi connectivity index (χ0n) is 16.2. The number of alkyl halides is 4. The van der Waals surface area contributed by atoms with Gasteiger partial charge in [0, 0.05) is 24.1 Å². The smallest absolute Gasteiger partial charge is 0.429 e. The molecule has 1 amide bonds. The number of hydrogen-bond donors (Lipinski definition) is 1. The molecule has 8 nitrogen and oxygen atoms in total. The van der Waals surface area contributed by atoms with E-state index in [1.165, 1.54) is 31.3 Å². The summed E-state index contributed by atoms with van der Waals surface area (Å²) in [4.78, 5) is 20.7. The van der Waals surface area contributed by atoms with Crippen LogP contribution in [0.1, 0.15) is 5.56 Å². The molecule has 3 rings (SSSR count). The highest BCUT2D eigenvalue weighted by atomic mass is 32.1. The molecule has 1 aromatic heterocycles. The topological polar surface area (TPSA) is 94.9 Å². The fraction of sp³-hybridized carbons (Fsp3) is 0.158. The fourth-order valence-corrected chi connectivity index (χ4v) is 3.03. The molecule has 0 bridgehead atoms. The molecule has 0 radical (unpaired) electrons. The summed E-state index contributed by atoms with van der Waals surface area (Å²) >= 11 is 0.833. The molecule has 0 aliphatic rings. The maximum absolute atomic E-state index is 12.4. The molecule has 168 valence electrons. The van der Waals surface area contributed by atoms with Crippen molar-refractivity contribution in [1.82, 2.24) is 14.7 Å². The number of nitrogens with one attached hydrogen (secondary N) is 1. The molecule has 3 aromatic rings. The fourth-order valence-electron chi connectivity index (χ4n) is 2.47. The van der Waals surface area contributed by atoms with Crippen LogP contribution < -0.4 is 14.8 Å². The summed E-state index contributed by atoms with van der Waals surface area (Å²) in [5.41, 5.74) is 0.232. The molecule has 0 aliphatic carbocycles. The summed E-state index contributed by atoms with van der Waals surface area (Å²) < 4.78 is 63.4. The number of carbonyl (C=O) groups is 1. The third-order valence-corrected chi connectivity index (χ3v) is 4.31. The van der Waals surface area contributed by atoms with Crippen LogP contribution in [0.25, 0.3) is 11.4 Å². The van der Waals surface area contributed by atoms with E-state index in [4.69, 9.17) is 4.74 Å². The predicted molar refractivity (Wildman–Crippen MR) is 106 cm³/mol. The Labute approximate surface area is 182 Å². The number of likely N-dealkylation sites (N-methyl/N-ethyl adjacent to an activating group) is 1. The molecule has 0 atom stereocenters. The Morgan fingerprint density at radius 3 is 2.69 bits per heavy atom. The Hall–Kier alpha value is -3.74. The first kappa shape index (κ1) is 22.9. The molecule has 0 unspecified atom stereocenters. The second-order valence-electron chi connectivity index (χ2n) is 5.81. The monoisotopic (exact) mass is 470 g/mol. The van der Waals surface area contributed by atoms with Gasteiger partial charge in [0.05, 0.1) is 5.56 Å². The summed E-state index contributed by atoms with van der Waals surface area (Å²) in [7, 11) is 1.37. The maximum atomic E-state index is 12.4. The lowest BCUT2D eigenvalue weighted by Crippen LogP contribution is -2.29. The number of amides is 1. The lowest BCUT2D eigenvalue weighted by atomic mass is 10.1. The number of ether oxygens (including phenoxy) is 2. The van der Waals surface area contributed by atoms with Crippen molar-refractivity contribution in [3.8, 4) is 28.1 Å². The van der Waals surface area contributed by atoms with Gasteiger partial charge < -0.3 is 19.6 Å². The number of halogens is 4. The van der Waals surface area contributed by atoms with Gasteiger partial charge in [-0.05, 0) is 24.3 Å². The molecule has 0 fully saturated rings. The number of aromatic nitrogens is 2. The molecule has 1 N–H and O–H groups in total. The lowest BCUT2D eigenvalue weighted by molar-refractivity contribution is -0.274. The van der Waals surface area contributed by atoms with E-state index < -0.39 is 24.9 Å². The van der Waals surface area contributed by atoms with E-state index in [2.05, 4.69) is 29.4 Å². The van der Waals surface area contributed by atoms with Gasteiger partial charge in [0.15, 0.2) is 11.5 Å². The Bertz CT molecular complexity index is 1120. The molecule has 32 heavy (non-hydrogen) atoms. The summed E-state index contributed by atoms with van der Waals surface area (Å²) in [5.74, 6) is -0.809. The Kier molecular flexibility index (Phi) is 7.20. The van der Waals surface area contributed by atoms with Crippen LogP contribution in [0, 0.1) is 0 Å². The van der Waals surface area contributed by atoms with E-state index in [1.54, 1.807) is 12.1 Å². The van der Waals surface area contributed by atoms with E-state index in [9.17, 15) is 22.4 Å². The number of carbonyl (C=O) groups excluding carboxylic acids is 1. The average molecular weight is 470 g/mol. The first-order valence-electron chi connectivity index (χ1n) is 8.76. The number of nitrogens with zero attached hydrogens (tertiary/aromatic N) is 3. The van der Waals surface area contributed by atoms with Crippen LogP contribution in [0.4, 0.5) is 17.6 Å². The van der Waals surface area contributed by atoms with Crippen LogP contribution in [-0.4, -0.2) is 41.2 Å². The molecular formula is C19H14F4N4O4S. The van der Waals surface area contributed by atoms with E-state index in [1.807, 2.05) is 0 Å². The van der Waals surface area contributed by atoms with Crippen molar-refractivity contribution in [3.63, 3.8) is 0 Å². The summed E-state index contributed by atoms with van der Waals surface area (Å²) in [5, 5.41) is 5.89. The molecular weight excluding hydrogens is 456 g/mol. The van der Waals surface area contributed by atoms with Crippen LogP contribution in [0.15, 0.2) is 53.7 Å². The van der Waals surface area contributed by atoms with Crippen molar-refractivity contribution in [3.05, 3.63) is 54.1 Å². The normalized spacial score (nSPS) is 11.7. The van der Waals surface area contributed by atoms with Gasteiger partial charge in [-0.1, -0.05) is 29.4 Å². The average Bonchev–Trinajstić information content (AvgIpc) is 3.22. The van der Waals surface area contributed by atoms with Gasteiger partial charge in [0.2, 0.25) is 0 Å². The Balaban J connectivity index is 1.87. The largest absolute Gasteiger partial charge is 0.573 e. The van der Waals surface area contributed by atoms with Gasteiger partial charge in [-0.15, -0.1) is 13.2 Å². The zero-order chi connectivity index (χ0) is 23.1. The van der Waals surface area contributed by atoms with Crippen molar-refractivity contribution >= 4 is 23.2 Å². The molecule has 0 aliphatic heterocycles. The number of para-hydroxylation sites is 1. The molecule has 2 aromatic carbocycles. The highest BCUT2D eigenvalue weighted by Gasteiger charge is 2.31. The minimum Gasteiger partial charge on any atom is -0.429 e. The standard InChI is InChI=1S/C19H14F4N4O4S/c1-24-17(28)15(26-29-10-20)13-7-2-3-8-14(13)30-18-25-16(27-32-18)11-5-4-6-12(9-11)31-19(21,22)23/h2-9H,10H2,1H3,(H,24,28)/b26-15+. The van der Waals surface area contributed by atoms with Crippen molar-refractivity contribution in [2.75, 3.05) is 13.9 Å². The Morgan fingerprint density at radius 2 is 1.97 bits per heavy atom. The second-order valence-corrected chi connectivity index (χ2v) is 6.53. The molecule has 0 saturated heterocycles. The van der Waals surface area contributed by atoms with Crippen molar-refractivity contribution < 1.29 is 36.7 Å². The minimum absolute atomic E-state index is 0.0391. The highest BCUT2D eigenvalue weighted by molar-refractivity contribution is 7.07. The molecule has 0 spiro atoms. The van der Waals surface area contributed by atoms with Crippen molar-refractivity contribution in [2.24, 2.45) is 5.16 Å². The third-order valence-electron chi connectivity index (χ3n) is 3.72. The van der Waals surface area contributed by atoms with Crippen molar-refractivity contribution in [1.29, 1.82) is 0 Å². The van der Waals surface area contributed by atoms with Crippen LogP contribution in [0.2, 0.25) is 0 Å². The van der Waals surface area contributed by atoms with Gasteiger partial charge in [-0.2, -0.15) is 9.36 Å². The molecule has 1 heterocycles. The molecule has 13 heteroatoms. The van der Waals surface area contributed by atoms with E-state index >= 15 is 0 Å². The van der Waals surface area contributed by atoms with Crippen molar-refractivity contribution in [2.45, 2.75) is 6.36 Å². The van der Waals surface area contributed by atoms with E-state index in [-0.39, 0.29) is 33.6 Å². The summed E-state index contributed by atoms with van der Waals surface area (Å²) in [6.45, 7) is -1.24. The summed E-state index contributed by atoms with van der Waals surface area (Å²) in [6.07, 6.45) is -4.83. The lowest BCUT2D eigenvalue weighted by Gasteiger charge is -2.10. The number of hydrogen-bond acceptors (Lipinski definition) is 8. The van der Waals surface area contributed by atoms with E-state index in [0.717, 1.165) is 23.7 Å². The number of oxime groups is 1. The third kappa shape index (κ3) is 5.91. The maximum Gasteiger partial charge on any atom is 0.573 e. The van der Waals surface area contributed by atoms with Gasteiger partial charge in [0.1, 0.15) is 11.5 Å². The van der Waals surface area contributed by atoms with Crippen LogP contribution >= 0.6 is 11.5 Å². The zero-order valence-corrected chi connectivity index (χ0v) is 17.0. The summed E-state index contributed by atoms with van der Waals surface area (Å²) in [6, 6.07) is 11.4.